The Morgan fingerprint density at radius 1 is 1.33 bits per heavy atom. The Morgan fingerprint density at radius 3 is 2.08 bits per heavy atom. The Kier molecular flexibility index (Phi) is 4.83. The molecule has 1 N–H and O–H groups in total. The summed E-state index contributed by atoms with van der Waals surface area (Å²) in [6.07, 6.45) is -3.12. The van der Waals surface area contributed by atoms with Crippen molar-refractivity contribution in [2.75, 3.05) is 6.61 Å². The molecule has 0 unspecified atom stereocenters. The van der Waals surface area contributed by atoms with Crippen LogP contribution in [0.25, 0.3) is 0 Å². The number of unbranched alkanes of at least 4 members (excludes halogenated alkanes) is 1. The van der Waals surface area contributed by atoms with Gasteiger partial charge in [0.05, 0.1) is 6.61 Å². The lowest BCUT2D eigenvalue weighted by Gasteiger charge is -2.27. The summed E-state index contributed by atoms with van der Waals surface area (Å²) in [6.45, 7) is 0.988. The summed E-state index contributed by atoms with van der Waals surface area (Å²) in [6, 6.07) is 0. The highest BCUT2D eigenvalue weighted by molar-refractivity contribution is 14.1. The van der Waals surface area contributed by atoms with E-state index in [9.17, 15) is 13.2 Å². The molecule has 0 aliphatic carbocycles. The molecule has 1 atom stereocenters. The molecular weight excluding hydrogens is 284 g/mol. The normalized spacial score (nSPS) is 17.5. The highest BCUT2D eigenvalue weighted by Gasteiger charge is 2.51. The van der Waals surface area contributed by atoms with Gasteiger partial charge in [-0.2, -0.15) is 13.2 Å². The van der Waals surface area contributed by atoms with Gasteiger partial charge < -0.3 is 5.11 Å². The van der Waals surface area contributed by atoms with Crippen LogP contribution in [-0.4, -0.2) is 21.3 Å². The second-order valence-corrected chi connectivity index (χ2v) is 4.79. The van der Waals surface area contributed by atoms with Crippen LogP contribution < -0.4 is 0 Å². The first kappa shape index (κ1) is 12.5. The molecule has 5 heteroatoms. The zero-order valence-electron chi connectivity index (χ0n) is 6.79. The van der Waals surface area contributed by atoms with Crippen molar-refractivity contribution in [1.82, 2.24) is 0 Å². The maximum Gasteiger partial charge on any atom is 0.405 e. The van der Waals surface area contributed by atoms with Gasteiger partial charge in [-0.25, -0.2) is 0 Å². The number of hydrogen-bond acceptors (Lipinski definition) is 1. The van der Waals surface area contributed by atoms with Crippen molar-refractivity contribution in [1.29, 1.82) is 0 Å². The summed E-state index contributed by atoms with van der Waals surface area (Å²) in [5.41, 5.74) is 0. The molecule has 0 aromatic carbocycles. The molecule has 0 aromatic heterocycles. The highest BCUT2D eigenvalue weighted by atomic mass is 127. The molecule has 0 radical (unpaired) electrons. The summed E-state index contributed by atoms with van der Waals surface area (Å²) in [5.74, 6) is 0. The van der Waals surface area contributed by atoms with E-state index in [-0.39, 0.29) is 6.42 Å². The molecule has 0 saturated heterocycles. The molecule has 0 aliphatic rings. The third kappa shape index (κ3) is 3.08. The molecule has 74 valence electrons. The van der Waals surface area contributed by atoms with Crippen molar-refractivity contribution in [2.45, 2.75) is 35.8 Å². The summed E-state index contributed by atoms with van der Waals surface area (Å²) >= 11 is 1.29. The SMILES string of the molecule is CCCC[C@@](I)(CO)C(F)(F)F. The highest BCUT2D eigenvalue weighted by Crippen LogP contribution is 2.41. The Hall–Kier alpha value is 0.480. The number of halogens is 4. The standard InChI is InChI=1S/C7H12F3IO/c1-2-3-4-6(11,5-12)7(8,9)10/h12H,2-5H2,1H3/t6-/m1/s1. The predicted octanol–water partition coefficient (Wildman–Crippen LogP) is 2.91. The minimum absolute atomic E-state index is 0.00986. The van der Waals surface area contributed by atoms with E-state index in [0.717, 1.165) is 0 Å². The van der Waals surface area contributed by atoms with Crippen LogP contribution in [0.4, 0.5) is 13.2 Å². The van der Waals surface area contributed by atoms with E-state index in [1.54, 1.807) is 0 Å². The first-order valence-corrected chi connectivity index (χ1v) is 4.82. The average Bonchev–Trinajstić information content (AvgIpc) is 1.98. The van der Waals surface area contributed by atoms with Gasteiger partial charge in [0.1, 0.15) is 3.42 Å². The smallest absolute Gasteiger partial charge is 0.395 e. The van der Waals surface area contributed by atoms with E-state index in [2.05, 4.69) is 0 Å². The molecule has 0 fully saturated rings. The Morgan fingerprint density at radius 2 is 1.83 bits per heavy atom. The number of alkyl halides is 4. The third-order valence-electron chi connectivity index (χ3n) is 1.69. The van der Waals surface area contributed by atoms with Crippen molar-refractivity contribution >= 4 is 22.6 Å². The van der Waals surface area contributed by atoms with E-state index in [0.29, 0.717) is 12.8 Å². The fourth-order valence-corrected chi connectivity index (χ4v) is 1.15. The Labute approximate surface area is 83.5 Å². The van der Waals surface area contributed by atoms with Gasteiger partial charge in [0.2, 0.25) is 0 Å². The van der Waals surface area contributed by atoms with Gasteiger partial charge in [-0.15, -0.1) is 0 Å². The minimum atomic E-state index is -4.31. The van der Waals surface area contributed by atoms with Crippen LogP contribution in [-0.2, 0) is 0 Å². The molecule has 0 aromatic rings. The van der Waals surface area contributed by atoms with E-state index in [1.165, 1.54) is 22.6 Å². The Bertz CT molecular complexity index is 137. The van der Waals surface area contributed by atoms with Crippen LogP contribution >= 0.6 is 22.6 Å². The van der Waals surface area contributed by atoms with Gasteiger partial charge in [0.15, 0.2) is 0 Å². The quantitative estimate of drug-likeness (QED) is 0.625. The van der Waals surface area contributed by atoms with Crippen molar-refractivity contribution in [3.63, 3.8) is 0 Å². The third-order valence-corrected chi connectivity index (χ3v) is 3.18. The molecule has 0 saturated carbocycles. The molecule has 0 spiro atoms. The largest absolute Gasteiger partial charge is 0.405 e. The lowest BCUT2D eigenvalue weighted by atomic mass is 10.0. The predicted molar refractivity (Wildman–Crippen MR) is 49.4 cm³/mol. The zero-order valence-corrected chi connectivity index (χ0v) is 8.94. The molecule has 1 nitrogen and oxygen atoms in total. The van der Waals surface area contributed by atoms with Gasteiger partial charge in [-0.05, 0) is 6.42 Å². The average molecular weight is 296 g/mol. The first-order valence-electron chi connectivity index (χ1n) is 3.74. The molecule has 12 heavy (non-hydrogen) atoms. The van der Waals surface area contributed by atoms with Crippen LogP contribution in [0.1, 0.15) is 26.2 Å². The second kappa shape index (κ2) is 4.64. The van der Waals surface area contributed by atoms with Crippen LogP contribution in [0.5, 0.6) is 0 Å². The number of rotatable bonds is 4. The number of hydrogen-bond donors (Lipinski definition) is 1. The van der Waals surface area contributed by atoms with Gasteiger partial charge in [0, 0.05) is 0 Å². The van der Waals surface area contributed by atoms with Crippen molar-refractivity contribution < 1.29 is 18.3 Å². The van der Waals surface area contributed by atoms with E-state index in [4.69, 9.17) is 5.11 Å². The maximum atomic E-state index is 12.3. The summed E-state index contributed by atoms with van der Waals surface area (Å²) < 4.78 is 34.8. The number of aliphatic hydroxyl groups is 1. The maximum absolute atomic E-state index is 12.3. The first-order chi connectivity index (χ1) is 5.37. The van der Waals surface area contributed by atoms with Crippen LogP contribution in [0, 0.1) is 0 Å². The molecule has 0 amide bonds. The monoisotopic (exact) mass is 296 g/mol. The van der Waals surface area contributed by atoms with E-state index >= 15 is 0 Å². The van der Waals surface area contributed by atoms with E-state index < -0.39 is 16.2 Å². The summed E-state index contributed by atoms with van der Waals surface area (Å²) in [7, 11) is 0. The van der Waals surface area contributed by atoms with Crippen molar-refractivity contribution in [2.24, 2.45) is 0 Å². The van der Waals surface area contributed by atoms with Gasteiger partial charge in [0.25, 0.3) is 0 Å². The minimum Gasteiger partial charge on any atom is -0.395 e. The second-order valence-electron chi connectivity index (χ2n) is 2.72. The molecule has 0 rings (SSSR count). The lowest BCUT2D eigenvalue weighted by Crippen LogP contribution is -2.42. The molecule has 0 heterocycles. The van der Waals surface area contributed by atoms with Crippen LogP contribution in [0.2, 0.25) is 0 Å². The summed E-state index contributed by atoms with van der Waals surface area (Å²) in [5, 5.41) is 8.62. The molecule has 0 bridgehead atoms. The topological polar surface area (TPSA) is 20.2 Å². The number of aliphatic hydroxyl groups excluding tert-OH is 1. The van der Waals surface area contributed by atoms with Gasteiger partial charge in [-0.1, -0.05) is 42.4 Å². The van der Waals surface area contributed by atoms with Crippen LogP contribution in [0.3, 0.4) is 0 Å². The fourth-order valence-electron chi connectivity index (χ4n) is 0.767. The molecule has 0 aliphatic heterocycles. The van der Waals surface area contributed by atoms with Crippen molar-refractivity contribution in [3.05, 3.63) is 0 Å². The van der Waals surface area contributed by atoms with Gasteiger partial charge >= 0.3 is 6.18 Å². The fraction of sp³-hybridized carbons (Fsp3) is 1.00. The molecular formula is C7H12F3IO. The van der Waals surface area contributed by atoms with Crippen molar-refractivity contribution in [3.8, 4) is 0 Å². The van der Waals surface area contributed by atoms with Gasteiger partial charge in [-0.3, -0.25) is 0 Å². The van der Waals surface area contributed by atoms with E-state index in [1.807, 2.05) is 6.92 Å². The van der Waals surface area contributed by atoms with Crippen LogP contribution in [0.15, 0.2) is 0 Å². The summed E-state index contributed by atoms with van der Waals surface area (Å²) in [4.78, 5) is 0. The zero-order chi connectivity index (χ0) is 9.83. The lowest BCUT2D eigenvalue weighted by molar-refractivity contribution is -0.163. The Balaban J connectivity index is 4.24.